The summed E-state index contributed by atoms with van der Waals surface area (Å²) in [5.74, 6) is -4.18. The Labute approximate surface area is 189 Å². The first-order chi connectivity index (χ1) is 15.0. The number of nitrogens with two attached hydrogens (primary N) is 1. The zero-order valence-electron chi connectivity index (χ0n) is 17.3. The molecule has 0 aliphatic carbocycles. The molecule has 0 saturated carbocycles. The van der Waals surface area contributed by atoms with Crippen molar-refractivity contribution in [1.29, 1.82) is 0 Å². The van der Waals surface area contributed by atoms with Gasteiger partial charge in [-0.15, -0.1) is 0 Å². The monoisotopic (exact) mass is 472 g/mol. The molecule has 0 radical (unpaired) electrons. The normalized spacial score (nSPS) is 15.5. The molecule has 12 nitrogen and oxygen atoms in total. The van der Waals surface area contributed by atoms with Gasteiger partial charge in [0, 0.05) is 12.2 Å². The minimum absolute atomic E-state index is 0.00652. The Hall–Kier alpha value is -2.87. The summed E-state index contributed by atoms with van der Waals surface area (Å²) in [4.78, 5) is 48.3. The molecule has 0 aliphatic heterocycles. The summed E-state index contributed by atoms with van der Waals surface area (Å²) in [7, 11) is 0. The number of aliphatic hydroxyl groups is 2. The number of thiol groups is 1. The molecule has 1 aromatic carbocycles. The fraction of sp³-hybridized carbons (Fsp3) is 0.474. The second-order valence-electron chi connectivity index (χ2n) is 7.02. The molecular formula is C19H28N4O8S. The van der Waals surface area contributed by atoms with Crippen LogP contribution >= 0.6 is 12.6 Å². The highest BCUT2D eigenvalue weighted by atomic mass is 32.1. The molecule has 3 amide bonds. The van der Waals surface area contributed by atoms with Crippen molar-refractivity contribution in [3.8, 4) is 5.75 Å². The summed E-state index contributed by atoms with van der Waals surface area (Å²) in [5.41, 5.74) is 6.02. The Kier molecular flexibility index (Phi) is 10.9. The van der Waals surface area contributed by atoms with Crippen molar-refractivity contribution in [3.63, 3.8) is 0 Å². The van der Waals surface area contributed by atoms with Crippen LogP contribution in [0.15, 0.2) is 24.3 Å². The Morgan fingerprint density at radius 1 is 0.969 bits per heavy atom. The predicted molar refractivity (Wildman–Crippen MR) is 116 cm³/mol. The molecule has 0 aromatic heterocycles. The average Bonchev–Trinajstić information content (AvgIpc) is 2.75. The van der Waals surface area contributed by atoms with E-state index in [1.807, 2.05) is 0 Å². The number of carbonyl (C=O) groups excluding carboxylic acids is 3. The van der Waals surface area contributed by atoms with Gasteiger partial charge < -0.3 is 42.1 Å². The van der Waals surface area contributed by atoms with Crippen LogP contribution in [0.4, 0.5) is 0 Å². The number of carboxylic acid groups (broad SMARTS) is 1. The zero-order valence-corrected chi connectivity index (χ0v) is 18.2. The lowest BCUT2D eigenvalue weighted by Crippen LogP contribution is -2.59. The number of nitrogens with one attached hydrogen (secondary N) is 3. The number of phenolic OH excluding ortho intramolecular Hbond substituents is 1. The van der Waals surface area contributed by atoms with E-state index < -0.39 is 60.6 Å². The third-order valence-corrected chi connectivity index (χ3v) is 4.81. The number of phenols is 1. The Morgan fingerprint density at radius 3 is 1.94 bits per heavy atom. The summed E-state index contributed by atoms with van der Waals surface area (Å²) < 4.78 is 0. The van der Waals surface area contributed by atoms with E-state index in [1.54, 1.807) is 0 Å². The van der Waals surface area contributed by atoms with Crippen LogP contribution in [0.2, 0.25) is 0 Å². The first-order valence-electron chi connectivity index (χ1n) is 9.57. The standard InChI is InChI=1S/C19H28N4O8S/c1-9(25)15(20)18(29)23-14(8-32)17(28)22-13(7-24)16(27)21-12(19(30)31)6-10-2-4-11(26)5-3-10/h2-5,9,12-15,24-26,32H,6-8,20H2,1H3,(H,21,27)(H,22,28)(H,23,29)(H,30,31). The molecule has 32 heavy (non-hydrogen) atoms. The van der Waals surface area contributed by atoms with Crippen molar-refractivity contribution in [1.82, 2.24) is 16.0 Å². The van der Waals surface area contributed by atoms with Crippen LogP contribution in [0.3, 0.4) is 0 Å². The molecule has 1 rings (SSSR count). The minimum atomic E-state index is -1.51. The van der Waals surface area contributed by atoms with E-state index in [2.05, 4.69) is 28.6 Å². The molecule has 0 spiro atoms. The lowest BCUT2D eigenvalue weighted by atomic mass is 10.1. The molecular weight excluding hydrogens is 444 g/mol. The number of rotatable bonds is 12. The maximum atomic E-state index is 12.5. The highest BCUT2D eigenvalue weighted by Gasteiger charge is 2.30. The molecule has 0 bridgehead atoms. The number of aromatic hydroxyl groups is 1. The maximum Gasteiger partial charge on any atom is 0.326 e. The fourth-order valence-corrected chi connectivity index (χ4v) is 2.74. The molecule has 0 fully saturated rings. The number of hydrogen-bond acceptors (Lipinski definition) is 9. The van der Waals surface area contributed by atoms with Gasteiger partial charge in [-0.05, 0) is 24.6 Å². The Balaban J connectivity index is 2.79. The maximum absolute atomic E-state index is 12.5. The topological polar surface area (TPSA) is 211 Å². The predicted octanol–water partition coefficient (Wildman–Crippen LogP) is -2.90. The van der Waals surface area contributed by atoms with E-state index in [0.29, 0.717) is 5.56 Å². The third-order valence-electron chi connectivity index (χ3n) is 4.44. The second-order valence-corrected chi connectivity index (χ2v) is 7.39. The average molecular weight is 473 g/mol. The van der Waals surface area contributed by atoms with Crippen LogP contribution in [0.5, 0.6) is 5.75 Å². The van der Waals surface area contributed by atoms with E-state index >= 15 is 0 Å². The number of carbonyl (C=O) groups is 4. The molecule has 178 valence electrons. The van der Waals surface area contributed by atoms with Gasteiger partial charge in [-0.3, -0.25) is 14.4 Å². The number of carboxylic acids is 1. The van der Waals surface area contributed by atoms with Gasteiger partial charge in [-0.2, -0.15) is 12.6 Å². The first kappa shape index (κ1) is 27.2. The van der Waals surface area contributed by atoms with Crippen molar-refractivity contribution >= 4 is 36.3 Å². The largest absolute Gasteiger partial charge is 0.508 e. The summed E-state index contributed by atoms with van der Waals surface area (Å²) in [6.07, 6.45) is -1.28. The van der Waals surface area contributed by atoms with E-state index in [4.69, 9.17) is 5.73 Å². The van der Waals surface area contributed by atoms with Crippen LogP contribution < -0.4 is 21.7 Å². The lowest BCUT2D eigenvalue weighted by molar-refractivity contribution is -0.142. The van der Waals surface area contributed by atoms with E-state index in [-0.39, 0.29) is 17.9 Å². The van der Waals surface area contributed by atoms with Crippen LogP contribution in [-0.4, -0.2) is 86.7 Å². The summed E-state index contributed by atoms with van der Waals surface area (Å²) in [5, 5.41) is 44.3. The van der Waals surface area contributed by atoms with Crippen molar-refractivity contribution < 1.29 is 39.6 Å². The molecule has 5 unspecified atom stereocenters. The molecule has 13 heteroatoms. The van der Waals surface area contributed by atoms with Crippen molar-refractivity contribution in [2.24, 2.45) is 5.73 Å². The second kappa shape index (κ2) is 12.9. The number of aliphatic hydroxyl groups excluding tert-OH is 2. The van der Waals surface area contributed by atoms with Gasteiger partial charge in [0.2, 0.25) is 17.7 Å². The molecule has 9 N–H and O–H groups in total. The third kappa shape index (κ3) is 8.34. The quantitative estimate of drug-likeness (QED) is 0.143. The van der Waals surface area contributed by atoms with Crippen LogP contribution in [0, 0.1) is 0 Å². The van der Waals surface area contributed by atoms with Gasteiger partial charge in [-0.25, -0.2) is 4.79 Å². The van der Waals surface area contributed by atoms with Gasteiger partial charge >= 0.3 is 5.97 Å². The van der Waals surface area contributed by atoms with Gasteiger partial charge in [0.25, 0.3) is 0 Å². The number of amides is 3. The first-order valence-corrected chi connectivity index (χ1v) is 10.2. The number of hydrogen-bond donors (Lipinski definition) is 9. The van der Waals surface area contributed by atoms with Crippen LogP contribution in [0.1, 0.15) is 12.5 Å². The SMILES string of the molecule is CC(O)C(N)C(=O)NC(CS)C(=O)NC(CO)C(=O)NC(Cc1ccc(O)cc1)C(=O)O. The number of aliphatic carboxylic acids is 1. The van der Waals surface area contributed by atoms with Crippen LogP contribution in [0.25, 0.3) is 0 Å². The summed E-state index contributed by atoms with van der Waals surface area (Å²) in [6, 6.07) is 0.297. The lowest BCUT2D eigenvalue weighted by Gasteiger charge is -2.24. The van der Waals surface area contributed by atoms with Crippen molar-refractivity contribution in [2.75, 3.05) is 12.4 Å². The Morgan fingerprint density at radius 2 is 1.47 bits per heavy atom. The van der Waals surface area contributed by atoms with Crippen molar-refractivity contribution in [3.05, 3.63) is 29.8 Å². The van der Waals surface area contributed by atoms with Gasteiger partial charge in [0.15, 0.2) is 0 Å². The smallest absolute Gasteiger partial charge is 0.326 e. The van der Waals surface area contributed by atoms with E-state index in [0.717, 1.165) is 0 Å². The zero-order chi connectivity index (χ0) is 24.4. The Bertz CT molecular complexity index is 805. The van der Waals surface area contributed by atoms with Crippen LogP contribution in [-0.2, 0) is 25.6 Å². The molecule has 0 heterocycles. The fourth-order valence-electron chi connectivity index (χ4n) is 2.49. The molecule has 0 saturated heterocycles. The summed E-state index contributed by atoms with van der Waals surface area (Å²) in [6.45, 7) is 0.451. The molecule has 5 atom stereocenters. The molecule has 1 aromatic rings. The molecule has 0 aliphatic rings. The number of benzene rings is 1. The summed E-state index contributed by atoms with van der Waals surface area (Å²) >= 11 is 3.96. The van der Waals surface area contributed by atoms with E-state index in [1.165, 1.54) is 31.2 Å². The van der Waals surface area contributed by atoms with Gasteiger partial charge in [0.1, 0.15) is 29.9 Å². The van der Waals surface area contributed by atoms with Gasteiger partial charge in [-0.1, -0.05) is 12.1 Å². The highest BCUT2D eigenvalue weighted by molar-refractivity contribution is 7.80. The van der Waals surface area contributed by atoms with Crippen molar-refractivity contribution in [2.45, 2.75) is 43.6 Å². The van der Waals surface area contributed by atoms with Gasteiger partial charge in [0.05, 0.1) is 12.7 Å². The van der Waals surface area contributed by atoms with E-state index in [9.17, 15) is 39.6 Å². The minimum Gasteiger partial charge on any atom is -0.508 e. The highest BCUT2D eigenvalue weighted by Crippen LogP contribution is 2.11.